The first-order valence-corrected chi connectivity index (χ1v) is 9.77. The Balaban J connectivity index is 1.27. The van der Waals surface area contributed by atoms with E-state index in [1.807, 2.05) is 36.4 Å². The lowest BCUT2D eigenvalue weighted by Crippen LogP contribution is -2.26. The molecule has 6 nitrogen and oxygen atoms in total. The third-order valence-corrected chi connectivity index (χ3v) is 5.15. The topological polar surface area (TPSA) is 76.2 Å². The molecule has 2 heterocycles. The molecule has 0 unspecified atom stereocenters. The number of amides is 1. The number of halogens is 1. The van der Waals surface area contributed by atoms with Crippen LogP contribution in [-0.4, -0.2) is 35.6 Å². The third kappa shape index (κ3) is 4.24. The van der Waals surface area contributed by atoms with Crippen molar-refractivity contribution < 1.29 is 14.3 Å². The Labute approximate surface area is 165 Å². The quantitative estimate of drug-likeness (QED) is 0.588. The number of ether oxygens (including phenoxy) is 2. The number of rotatable bonds is 6. The summed E-state index contributed by atoms with van der Waals surface area (Å²) in [5.74, 6) is 2.33. The van der Waals surface area contributed by atoms with E-state index in [-0.39, 0.29) is 5.91 Å². The number of aromatic nitrogens is 2. The summed E-state index contributed by atoms with van der Waals surface area (Å²) in [5.41, 5.74) is 2.90. The first kappa shape index (κ1) is 17.9. The number of benzene rings is 2. The maximum Gasteiger partial charge on any atom is 0.224 e. The predicted molar refractivity (Wildman–Crippen MR) is 106 cm³/mol. The molecule has 140 valence electrons. The van der Waals surface area contributed by atoms with E-state index in [0.29, 0.717) is 37.7 Å². The van der Waals surface area contributed by atoms with Crippen molar-refractivity contribution in [1.82, 2.24) is 15.3 Å². The molecule has 0 saturated heterocycles. The molecule has 4 rings (SSSR count). The molecular formula is C20H20BrN3O3. The summed E-state index contributed by atoms with van der Waals surface area (Å²) in [6.45, 7) is 1.69. The van der Waals surface area contributed by atoms with Crippen molar-refractivity contribution in [2.24, 2.45) is 0 Å². The Hall–Kier alpha value is -2.54. The molecule has 2 N–H and O–H groups in total. The van der Waals surface area contributed by atoms with Crippen LogP contribution in [0.4, 0.5) is 0 Å². The number of para-hydroxylation sites is 2. The van der Waals surface area contributed by atoms with Crippen LogP contribution in [0.1, 0.15) is 17.8 Å². The second-order valence-electron chi connectivity index (χ2n) is 6.42. The lowest BCUT2D eigenvalue weighted by molar-refractivity contribution is -0.120. The minimum Gasteiger partial charge on any atom is -0.486 e. The van der Waals surface area contributed by atoms with Gasteiger partial charge in [0.25, 0.3) is 0 Å². The average molecular weight is 430 g/mol. The molecule has 0 aliphatic carbocycles. The normalized spacial score (nSPS) is 12.9. The van der Waals surface area contributed by atoms with E-state index in [4.69, 9.17) is 9.47 Å². The fourth-order valence-corrected chi connectivity index (χ4v) is 3.55. The van der Waals surface area contributed by atoms with E-state index < -0.39 is 0 Å². The van der Waals surface area contributed by atoms with Crippen molar-refractivity contribution in [2.75, 3.05) is 19.8 Å². The summed E-state index contributed by atoms with van der Waals surface area (Å²) in [4.78, 5) is 20.1. The smallest absolute Gasteiger partial charge is 0.224 e. The molecule has 0 fully saturated rings. The first-order valence-electron chi connectivity index (χ1n) is 8.97. The van der Waals surface area contributed by atoms with Gasteiger partial charge < -0.3 is 19.8 Å². The highest BCUT2D eigenvalue weighted by atomic mass is 79.9. The third-order valence-electron chi connectivity index (χ3n) is 4.41. The summed E-state index contributed by atoms with van der Waals surface area (Å²) >= 11 is 3.51. The van der Waals surface area contributed by atoms with Crippen molar-refractivity contribution in [3.63, 3.8) is 0 Å². The lowest BCUT2D eigenvalue weighted by atomic mass is 10.1. The molecule has 1 aromatic heterocycles. The number of imidazole rings is 1. The Bertz CT molecular complexity index is 937. The van der Waals surface area contributed by atoms with Gasteiger partial charge in [-0.25, -0.2) is 4.98 Å². The molecule has 0 saturated carbocycles. The Kier molecular flexibility index (Phi) is 5.29. The first-order chi connectivity index (χ1) is 13.2. The van der Waals surface area contributed by atoms with Crippen LogP contribution in [0, 0.1) is 0 Å². The summed E-state index contributed by atoms with van der Waals surface area (Å²) in [5, 5.41) is 2.97. The molecule has 0 atom stereocenters. The number of carbonyl (C=O) groups excluding carboxylic acids is 1. The zero-order chi connectivity index (χ0) is 18.6. The van der Waals surface area contributed by atoms with E-state index in [1.54, 1.807) is 0 Å². The summed E-state index contributed by atoms with van der Waals surface area (Å²) < 4.78 is 12.0. The fraction of sp³-hybridized carbons (Fsp3) is 0.300. The van der Waals surface area contributed by atoms with Crippen molar-refractivity contribution in [3.05, 3.63) is 52.3 Å². The summed E-state index contributed by atoms with van der Waals surface area (Å²) in [6.07, 6.45) is 1.92. The van der Waals surface area contributed by atoms with E-state index in [1.165, 1.54) is 0 Å². The number of hydrogen-bond donors (Lipinski definition) is 2. The number of fused-ring (bicyclic) bond motifs is 2. The molecule has 0 bridgehead atoms. The highest BCUT2D eigenvalue weighted by Gasteiger charge is 2.16. The number of aryl methyl sites for hydroxylation is 1. The van der Waals surface area contributed by atoms with Crippen LogP contribution in [0.5, 0.6) is 11.5 Å². The van der Waals surface area contributed by atoms with Gasteiger partial charge in [-0.1, -0.05) is 28.1 Å². The second-order valence-corrected chi connectivity index (χ2v) is 7.27. The predicted octanol–water partition coefficient (Wildman–Crippen LogP) is 3.39. The number of nitrogens with zero attached hydrogens (tertiary/aromatic N) is 1. The zero-order valence-corrected chi connectivity index (χ0v) is 16.3. The maximum atomic E-state index is 12.3. The molecule has 1 amide bonds. The fourth-order valence-electron chi connectivity index (χ4n) is 3.08. The maximum absolute atomic E-state index is 12.3. The van der Waals surface area contributed by atoms with E-state index in [2.05, 4.69) is 31.2 Å². The van der Waals surface area contributed by atoms with Crippen molar-refractivity contribution >= 4 is 32.9 Å². The van der Waals surface area contributed by atoms with Crippen LogP contribution in [0.15, 0.2) is 40.9 Å². The molecule has 0 radical (unpaired) electrons. The van der Waals surface area contributed by atoms with Gasteiger partial charge in [0.1, 0.15) is 19.0 Å². The number of aromatic amines is 1. The molecule has 7 heteroatoms. The minimum atomic E-state index is -0.0167. The highest BCUT2D eigenvalue weighted by Crippen LogP contribution is 2.35. The van der Waals surface area contributed by atoms with Gasteiger partial charge in [0.2, 0.25) is 5.91 Å². The molecule has 1 aliphatic heterocycles. The van der Waals surface area contributed by atoms with Gasteiger partial charge in [-0.15, -0.1) is 0 Å². The molecule has 27 heavy (non-hydrogen) atoms. The van der Waals surface area contributed by atoms with Gasteiger partial charge in [0.15, 0.2) is 11.5 Å². The Morgan fingerprint density at radius 2 is 1.96 bits per heavy atom. The number of H-pyrrole nitrogens is 1. The van der Waals surface area contributed by atoms with Gasteiger partial charge in [-0.2, -0.15) is 0 Å². The summed E-state index contributed by atoms with van der Waals surface area (Å²) in [7, 11) is 0. The number of nitrogens with one attached hydrogen (secondary N) is 2. The van der Waals surface area contributed by atoms with Gasteiger partial charge in [0.05, 0.1) is 17.5 Å². The largest absolute Gasteiger partial charge is 0.486 e. The lowest BCUT2D eigenvalue weighted by Gasteiger charge is -2.19. The monoisotopic (exact) mass is 429 g/mol. The van der Waals surface area contributed by atoms with Crippen LogP contribution in [0.3, 0.4) is 0 Å². The van der Waals surface area contributed by atoms with E-state index >= 15 is 0 Å². The SMILES string of the molecule is O=C(Cc1cc2c(cc1Br)OCCO2)NCCCc1nc2ccccc2[nH]1. The molecule has 3 aromatic rings. The number of hydrogen-bond acceptors (Lipinski definition) is 4. The van der Waals surface area contributed by atoms with Crippen LogP contribution >= 0.6 is 15.9 Å². The van der Waals surface area contributed by atoms with Crippen molar-refractivity contribution in [1.29, 1.82) is 0 Å². The van der Waals surface area contributed by atoms with Crippen LogP contribution in [0.25, 0.3) is 11.0 Å². The minimum absolute atomic E-state index is 0.0167. The van der Waals surface area contributed by atoms with Gasteiger partial charge in [-0.3, -0.25) is 4.79 Å². The van der Waals surface area contributed by atoms with Crippen LogP contribution < -0.4 is 14.8 Å². The molecule has 2 aromatic carbocycles. The van der Waals surface area contributed by atoms with Crippen molar-refractivity contribution in [3.8, 4) is 11.5 Å². The summed E-state index contributed by atoms with van der Waals surface area (Å²) in [6, 6.07) is 11.7. The molecule has 1 aliphatic rings. The number of carbonyl (C=O) groups is 1. The zero-order valence-electron chi connectivity index (χ0n) is 14.8. The van der Waals surface area contributed by atoms with Gasteiger partial charge in [-0.05, 0) is 36.2 Å². The van der Waals surface area contributed by atoms with E-state index in [9.17, 15) is 4.79 Å². The van der Waals surface area contributed by atoms with Crippen LogP contribution in [-0.2, 0) is 17.6 Å². The van der Waals surface area contributed by atoms with E-state index in [0.717, 1.165) is 39.7 Å². The van der Waals surface area contributed by atoms with Gasteiger partial charge >= 0.3 is 0 Å². The van der Waals surface area contributed by atoms with Gasteiger partial charge in [0, 0.05) is 17.4 Å². The highest BCUT2D eigenvalue weighted by molar-refractivity contribution is 9.10. The van der Waals surface area contributed by atoms with Crippen molar-refractivity contribution in [2.45, 2.75) is 19.3 Å². The molecule has 0 spiro atoms. The Morgan fingerprint density at radius 1 is 1.19 bits per heavy atom. The Morgan fingerprint density at radius 3 is 2.78 bits per heavy atom. The molecular weight excluding hydrogens is 410 g/mol. The second kappa shape index (κ2) is 8.00. The van der Waals surface area contributed by atoms with Crippen LogP contribution in [0.2, 0.25) is 0 Å². The standard InChI is InChI=1S/C20H20BrN3O3/c21-14-12-18-17(26-8-9-27-18)10-13(14)11-20(25)22-7-3-6-19-23-15-4-1-2-5-16(15)24-19/h1-2,4-5,10,12H,3,6-9,11H2,(H,22,25)(H,23,24). The average Bonchev–Trinajstić information content (AvgIpc) is 3.09.